The Morgan fingerprint density at radius 2 is 0.737 bits per heavy atom. The van der Waals surface area contributed by atoms with Crippen LogP contribution < -0.4 is 31.2 Å². The molecule has 0 radical (unpaired) electrons. The molecule has 10 heteroatoms. The summed E-state index contributed by atoms with van der Waals surface area (Å²) >= 11 is 0. The van der Waals surface area contributed by atoms with Crippen LogP contribution in [0.1, 0.15) is 41.4 Å². The fourth-order valence-corrected chi connectivity index (χ4v) is 3.00. The molecular weight excluding hydrogens is 488 g/mol. The molecule has 0 aliphatic rings. The quantitative estimate of drug-likeness (QED) is 0.243. The van der Waals surface area contributed by atoms with Gasteiger partial charge < -0.3 is 9.47 Å². The largest absolute Gasteiger partial charge is 0.490 e. The van der Waals surface area contributed by atoms with Gasteiger partial charge in [-0.1, -0.05) is 25.3 Å². The Kier molecular flexibility index (Phi) is 9.77. The lowest BCUT2D eigenvalue weighted by molar-refractivity contribution is 0.0844. The molecule has 0 aliphatic carbocycles. The van der Waals surface area contributed by atoms with Crippen molar-refractivity contribution in [1.82, 2.24) is 21.7 Å². The molecule has 0 spiro atoms. The Bertz CT molecular complexity index is 1200. The van der Waals surface area contributed by atoms with E-state index in [0.717, 1.165) is 0 Å². The van der Waals surface area contributed by atoms with Crippen LogP contribution in [0.25, 0.3) is 0 Å². The van der Waals surface area contributed by atoms with Gasteiger partial charge in [-0.25, -0.2) is 0 Å². The van der Waals surface area contributed by atoms with Crippen LogP contribution in [0.3, 0.4) is 0 Å². The van der Waals surface area contributed by atoms with E-state index in [1.807, 2.05) is 0 Å². The molecule has 3 aromatic rings. The van der Waals surface area contributed by atoms with Gasteiger partial charge in [-0.3, -0.25) is 40.9 Å². The van der Waals surface area contributed by atoms with Crippen molar-refractivity contribution in [2.45, 2.75) is 0 Å². The smallest absolute Gasteiger partial charge is 0.269 e. The Hall–Kier alpha value is -5.38. The summed E-state index contributed by atoms with van der Waals surface area (Å²) in [5.74, 6) is -1.02. The number of nitrogens with one attached hydrogen (secondary N) is 4. The monoisotopic (exact) mass is 514 g/mol. The third-order valence-corrected chi connectivity index (χ3v) is 4.96. The first-order valence-electron chi connectivity index (χ1n) is 11.4. The Balaban J connectivity index is 1.46. The first-order chi connectivity index (χ1) is 18.4. The molecule has 3 rings (SSSR count). The van der Waals surface area contributed by atoms with Crippen molar-refractivity contribution in [1.29, 1.82) is 0 Å². The van der Waals surface area contributed by atoms with Crippen LogP contribution in [0.2, 0.25) is 0 Å². The zero-order valence-electron chi connectivity index (χ0n) is 20.4. The summed E-state index contributed by atoms with van der Waals surface area (Å²) in [6, 6.07) is 18.4. The summed E-state index contributed by atoms with van der Waals surface area (Å²) < 4.78 is 10.7. The van der Waals surface area contributed by atoms with Gasteiger partial charge in [0.05, 0.1) is 0 Å². The van der Waals surface area contributed by atoms with Crippen molar-refractivity contribution in [2.24, 2.45) is 0 Å². The molecule has 0 saturated heterocycles. The van der Waals surface area contributed by atoms with Gasteiger partial charge in [0.1, 0.15) is 24.7 Å². The van der Waals surface area contributed by atoms with Crippen LogP contribution >= 0.6 is 0 Å². The van der Waals surface area contributed by atoms with Crippen LogP contribution in [0, 0.1) is 0 Å². The van der Waals surface area contributed by atoms with Crippen molar-refractivity contribution >= 4 is 23.6 Å². The normalized spacial score (nSPS) is 9.89. The highest BCUT2D eigenvalue weighted by Crippen LogP contribution is 2.13. The van der Waals surface area contributed by atoms with Gasteiger partial charge in [0, 0.05) is 22.3 Å². The van der Waals surface area contributed by atoms with Gasteiger partial charge in [-0.2, -0.15) is 0 Å². The zero-order chi connectivity index (χ0) is 27.3. The molecule has 0 aliphatic heterocycles. The molecule has 0 atom stereocenters. The summed E-state index contributed by atoms with van der Waals surface area (Å²) in [7, 11) is 0. The van der Waals surface area contributed by atoms with E-state index in [9.17, 15) is 19.2 Å². The van der Waals surface area contributed by atoms with E-state index >= 15 is 0 Å². The molecule has 0 unspecified atom stereocenters. The highest BCUT2D eigenvalue weighted by Gasteiger charge is 2.12. The third kappa shape index (κ3) is 7.82. The Labute approximate surface area is 219 Å². The van der Waals surface area contributed by atoms with Crippen LogP contribution in [-0.4, -0.2) is 36.8 Å². The fraction of sp³-hybridized carbons (Fsp3) is 0.0714. The van der Waals surface area contributed by atoms with Crippen LogP contribution in [0.4, 0.5) is 0 Å². The second kappa shape index (κ2) is 13.6. The van der Waals surface area contributed by atoms with Crippen LogP contribution in [-0.2, 0) is 0 Å². The molecule has 0 aromatic heterocycles. The standard InChI is InChI=1S/C28H26N4O6/c1-3-17-37-23-13-9-21(10-14-23)27(35)31-29-25(33)19-5-7-20(8-6-19)26(34)30-32-28(36)22-11-15-24(16-12-22)38-18-4-2/h3-16H,1-2,17-18H2,(H,29,33)(H,30,34)(H,31,35)(H,32,36). The van der Waals surface area contributed by atoms with Gasteiger partial charge in [0.2, 0.25) is 0 Å². The summed E-state index contributed by atoms with van der Waals surface area (Å²) in [4.78, 5) is 49.2. The van der Waals surface area contributed by atoms with E-state index in [1.165, 1.54) is 24.3 Å². The van der Waals surface area contributed by atoms with Crippen molar-refractivity contribution in [3.63, 3.8) is 0 Å². The summed E-state index contributed by atoms with van der Waals surface area (Å²) in [6.07, 6.45) is 3.22. The zero-order valence-corrected chi connectivity index (χ0v) is 20.4. The molecule has 4 amide bonds. The number of ether oxygens (including phenoxy) is 2. The molecule has 194 valence electrons. The lowest BCUT2D eigenvalue weighted by Gasteiger charge is -2.10. The van der Waals surface area contributed by atoms with Crippen molar-refractivity contribution < 1.29 is 28.7 Å². The number of amides is 4. The molecule has 38 heavy (non-hydrogen) atoms. The minimum Gasteiger partial charge on any atom is -0.490 e. The van der Waals surface area contributed by atoms with Crippen LogP contribution in [0.5, 0.6) is 11.5 Å². The number of carbonyl (C=O) groups is 4. The predicted octanol–water partition coefficient (Wildman–Crippen LogP) is 2.97. The van der Waals surface area contributed by atoms with Crippen molar-refractivity contribution in [3.8, 4) is 11.5 Å². The van der Waals surface area contributed by atoms with Gasteiger partial charge >= 0.3 is 0 Å². The van der Waals surface area contributed by atoms with Gasteiger partial charge in [-0.15, -0.1) is 0 Å². The highest BCUT2D eigenvalue weighted by molar-refractivity contribution is 6.01. The number of hydrogen-bond donors (Lipinski definition) is 4. The molecule has 4 N–H and O–H groups in total. The van der Waals surface area contributed by atoms with E-state index in [2.05, 4.69) is 34.9 Å². The molecule has 10 nitrogen and oxygen atoms in total. The highest BCUT2D eigenvalue weighted by atomic mass is 16.5. The topological polar surface area (TPSA) is 135 Å². The van der Waals surface area contributed by atoms with Gasteiger partial charge in [0.25, 0.3) is 23.6 Å². The fourth-order valence-electron chi connectivity index (χ4n) is 3.00. The van der Waals surface area contributed by atoms with Crippen molar-refractivity contribution in [3.05, 3.63) is 120 Å². The SMILES string of the molecule is C=CCOc1ccc(C(=O)NNC(=O)c2ccc(C(=O)NNC(=O)c3ccc(OCC=C)cc3)cc2)cc1. The molecule has 0 fully saturated rings. The second-order valence-corrected chi connectivity index (χ2v) is 7.64. The first kappa shape index (κ1) is 27.2. The minimum absolute atomic E-state index is 0.206. The van der Waals surface area contributed by atoms with E-state index in [1.54, 1.807) is 60.7 Å². The maximum Gasteiger partial charge on any atom is 0.269 e. The number of hydrogen-bond acceptors (Lipinski definition) is 6. The molecule has 3 aromatic carbocycles. The lowest BCUT2D eigenvalue weighted by Crippen LogP contribution is -2.42. The number of rotatable bonds is 10. The average molecular weight is 515 g/mol. The number of hydrazine groups is 2. The van der Waals surface area contributed by atoms with Gasteiger partial charge in [0.15, 0.2) is 0 Å². The molecule has 0 saturated carbocycles. The molecule has 0 heterocycles. The van der Waals surface area contributed by atoms with E-state index in [0.29, 0.717) is 35.8 Å². The second-order valence-electron chi connectivity index (χ2n) is 7.64. The van der Waals surface area contributed by atoms with E-state index in [-0.39, 0.29) is 11.1 Å². The summed E-state index contributed by atoms with van der Waals surface area (Å²) in [5.41, 5.74) is 10.3. The molecule has 0 bridgehead atoms. The predicted molar refractivity (Wildman–Crippen MR) is 141 cm³/mol. The molecular formula is C28H26N4O6. The third-order valence-electron chi connectivity index (χ3n) is 4.96. The van der Waals surface area contributed by atoms with Gasteiger partial charge in [-0.05, 0) is 72.8 Å². The summed E-state index contributed by atoms with van der Waals surface area (Å²) in [6.45, 7) is 7.82. The summed E-state index contributed by atoms with van der Waals surface area (Å²) in [5, 5.41) is 0. The lowest BCUT2D eigenvalue weighted by atomic mass is 10.1. The Morgan fingerprint density at radius 3 is 0.974 bits per heavy atom. The Morgan fingerprint density at radius 1 is 0.500 bits per heavy atom. The average Bonchev–Trinajstić information content (AvgIpc) is 2.96. The van der Waals surface area contributed by atoms with Crippen LogP contribution in [0.15, 0.2) is 98.1 Å². The first-order valence-corrected chi connectivity index (χ1v) is 11.4. The number of benzene rings is 3. The van der Waals surface area contributed by atoms with Crippen molar-refractivity contribution in [2.75, 3.05) is 13.2 Å². The van der Waals surface area contributed by atoms with E-state index in [4.69, 9.17) is 9.47 Å². The van der Waals surface area contributed by atoms with E-state index < -0.39 is 23.6 Å². The minimum atomic E-state index is -0.579. The maximum atomic E-state index is 12.4. The number of carbonyl (C=O) groups excluding carboxylic acids is 4. The maximum absolute atomic E-state index is 12.4.